The molecule has 0 spiro atoms. The number of allylic oxidation sites excluding steroid dienone is 5. The van der Waals surface area contributed by atoms with Crippen molar-refractivity contribution in [3.05, 3.63) is 36.5 Å². The van der Waals surface area contributed by atoms with Gasteiger partial charge in [0.2, 0.25) is 0 Å². The smallest absolute Gasteiger partial charge is 0.462 e. The molecule has 0 saturated heterocycles. The maximum Gasteiger partial charge on any atom is 0.472 e. The van der Waals surface area contributed by atoms with Crippen molar-refractivity contribution in [2.24, 2.45) is 0 Å². The van der Waals surface area contributed by atoms with Gasteiger partial charge in [0.1, 0.15) is 43.2 Å². The fraction of sp³-hybridized carbons (Fsp3) is 0.822. The lowest BCUT2D eigenvalue weighted by molar-refractivity contribution is -0.220. The van der Waals surface area contributed by atoms with E-state index in [-0.39, 0.29) is 6.42 Å². The molecule has 1 aliphatic rings. The first kappa shape index (κ1) is 55.1. The number of ether oxygens (including phenoxy) is 2. The Kier molecular flexibility index (Phi) is 33.3. The predicted molar refractivity (Wildman–Crippen MR) is 230 cm³/mol. The molecule has 0 amide bonds. The Bertz CT molecular complexity index is 1180. The fourth-order valence-electron chi connectivity index (χ4n) is 6.86. The Morgan fingerprint density at radius 1 is 0.559 bits per heavy atom. The minimum Gasteiger partial charge on any atom is -0.462 e. The first-order valence-corrected chi connectivity index (χ1v) is 24.3. The minimum atomic E-state index is -5.15. The van der Waals surface area contributed by atoms with Crippen LogP contribution in [0.1, 0.15) is 181 Å². The van der Waals surface area contributed by atoms with Gasteiger partial charge in [-0.15, -0.1) is 0 Å². The molecule has 1 fully saturated rings. The zero-order valence-electron chi connectivity index (χ0n) is 36.3. The molecule has 0 aliphatic heterocycles. The molecule has 1 saturated carbocycles. The molecule has 344 valence electrons. The van der Waals surface area contributed by atoms with Crippen molar-refractivity contribution in [1.29, 1.82) is 0 Å². The van der Waals surface area contributed by atoms with E-state index in [0.717, 1.165) is 38.2 Å². The van der Waals surface area contributed by atoms with E-state index in [1.54, 1.807) is 6.08 Å². The van der Waals surface area contributed by atoms with Crippen molar-refractivity contribution in [2.45, 2.75) is 224 Å². The van der Waals surface area contributed by atoms with Gasteiger partial charge in [-0.25, -0.2) is 9.36 Å². The summed E-state index contributed by atoms with van der Waals surface area (Å²) < 4.78 is 33.2. The number of esters is 2. The molecule has 0 aromatic heterocycles. The number of aliphatic hydroxyl groups excluding tert-OH is 5. The number of phosphoric acid groups is 1. The van der Waals surface area contributed by atoms with Crippen LogP contribution >= 0.6 is 7.82 Å². The Balaban J connectivity index is 2.54. The van der Waals surface area contributed by atoms with Crippen LogP contribution in [0.15, 0.2) is 36.5 Å². The second-order valence-electron chi connectivity index (χ2n) is 16.0. The van der Waals surface area contributed by atoms with E-state index in [1.165, 1.54) is 128 Å². The monoisotopic (exact) mass is 861 g/mol. The molecule has 0 radical (unpaired) electrons. The molecule has 13 nitrogen and oxygen atoms in total. The van der Waals surface area contributed by atoms with Crippen LogP contribution in [0.25, 0.3) is 0 Å². The van der Waals surface area contributed by atoms with Crippen LogP contribution in [0, 0.1) is 0 Å². The Labute approximate surface area is 355 Å². The molecular weight excluding hydrogens is 779 g/mol. The van der Waals surface area contributed by atoms with E-state index in [0.29, 0.717) is 6.42 Å². The number of carbonyl (C=O) groups is 2. The van der Waals surface area contributed by atoms with Gasteiger partial charge < -0.3 is 39.9 Å². The zero-order valence-corrected chi connectivity index (χ0v) is 37.2. The molecule has 0 heterocycles. The highest BCUT2D eigenvalue weighted by Gasteiger charge is 2.51. The van der Waals surface area contributed by atoms with E-state index in [1.807, 2.05) is 12.2 Å². The molecule has 0 bridgehead atoms. The standard InChI is InChI=1S/C45H81O13P/c1-3-5-7-9-11-13-15-17-19-21-23-25-27-29-31-33-38(46)55-35-37(36-56-59(53,54)58-45-43(51)41(49)40(48)42(50)44(45)52)57-39(47)34-32-30-28-26-24-22-20-18-16-14-12-10-8-6-4-2/h27-30,32,34,37,40-45,48-52H,3-26,31,33,35-36H2,1-2H3,(H,53,54)/b29-27+,30-28+,34-32+/t37-,40?,41-,42?,43?,44?,45?/m1/s1. The molecule has 8 atom stereocenters. The number of hydrogen-bond donors (Lipinski definition) is 6. The van der Waals surface area contributed by atoms with Gasteiger partial charge in [-0.1, -0.05) is 173 Å². The lowest BCUT2D eigenvalue weighted by atomic mass is 9.85. The molecule has 0 aromatic rings. The number of unbranched alkanes of at least 4 members (excludes halogenated alkanes) is 22. The van der Waals surface area contributed by atoms with Gasteiger partial charge in [0.25, 0.3) is 0 Å². The van der Waals surface area contributed by atoms with E-state index in [9.17, 15) is 44.6 Å². The number of carbonyl (C=O) groups excluding carboxylic acids is 2. The van der Waals surface area contributed by atoms with Gasteiger partial charge in [-0.05, 0) is 32.1 Å². The van der Waals surface area contributed by atoms with Crippen LogP contribution in [0.5, 0.6) is 0 Å². The Morgan fingerprint density at radius 3 is 1.47 bits per heavy atom. The van der Waals surface area contributed by atoms with Crippen molar-refractivity contribution in [1.82, 2.24) is 0 Å². The van der Waals surface area contributed by atoms with Gasteiger partial charge in [0.15, 0.2) is 6.10 Å². The summed E-state index contributed by atoms with van der Waals surface area (Å²) in [6.45, 7) is 3.17. The molecule has 6 unspecified atom stereocenters. The molecule has 59 heavy (non-hydrogen) atoms. The lowest BCUT2D eigenvalue weighted by Gasteiger charge is -2.41. The highest BCUT2D eigenvalue weighted by Crippen LogP contribution is 2.47. The third kappa shape index (κ3) is 28.3. The quantitative estimate of drug-likeness (QED) is 0.00864. The predicted octanol–water partition coefficient (Wildman–Crippen LogP) is 8.61. The molecule has 14 heteroatoms. The number of rotatable bonds is 37. The van der Waals surface area contributed by atoms with Gasteiger partial charge >= 0.3 is 19.8 Å². The van der Waals surface area contributed by atoms with Crippen LogP contribution in [0.4, 0.5) is 0 Å². The van der Waals surface area contributed by atoms with Crippen molar-refractivity contribution in [3.8, 4) is 0 Å². The van der Waals surface area contributed by atoms with Crippen LogP contribution in [-0.2, 0) is 32.7 Å². The molecule has 1 rings (SSSR count). The molecule has 6 N–H and O–H groups in total. The lowest BCUT2D eigenvalue weighted by Crippen LogP contribution is -2.64. The number of aliphatic hydroxyl groups is 5. The van der Waals surface area contributed by atoms with Crippen LogP contribution in [0.3, 0.4) is 0 Å². The highest BCUT2D eigenvalue weighted by molar-refractivity contribution is 7.47. The largest absolute Gasteiger partial charge is 0.472 e. The summed E-state index contributed by atoms with van der Waals surface area (Å²) in [5.74, 6) is -1.41. The summed E-state index contributed by atoms with van der Waals surface area (Å²) in [5, 5.41) is 50.1. The van der Waals surface area contributed by atoms with Crippen LogP contribution in [-0.4, -0.2) is 98.3 Å². The maximum absolute atomic E-state index is 12.8. The Morgan fingerprint density at radius 2 is 0.983 bits per heavy atom. The van der Waals surface area contributed by atoms with E-state index >= 15 is 0 Å². The normalized spacial score (nSPS) is 22.6. The van der Waals surface area contributed by atoms with Crippen molar-refractivity contribution in [2.75, 3.05) is 13.2 Å². The fourth-order valence-corrected chi connectivity index (χ4v) is 7.83. The average Bonchev–Trinajstić information content (AvgIpc) is 3.21. The third-order valence-electron chi connectivity index (χ3n) is 10.6. The van der Waals surface area contributed by atoms with Crippen molar-refractivity contribution < 1.29 is 63.1 Å². The first-order chi connectivity index (χ1) is 28.4. The van der Waals surface area contributed by atoms with Gasteiger partial charge in [0.05, 0.1) is 6.61 Å². The first-order valence-electron chi connectivity index (χ1n) is 22.8. The van der Waals surface area contributed by atoms with Gasteiger partial charge in [-0.3, -0.25) is 13.8 Å². The summed E-state index contributed by atoms with van der Waals surface area (Å²) >= 11 is 0. The SMILES string of the molecule is CCCCCCCCCCCCC/C=C/C=C/C(=O)O[C@H](COC(=O)CC/C=C/CCCCCCCCCCCCC)COP(=O)(O)OC1C(O)C(O)C(O)[C@@H](O)C1O. The zero-order chi connectivity index (χ0) is 43.6. The van der Waals surface area contributed by atoms with Gasteiger partial charge in [0, 0.05) is 12.5 Å². The second kappa shape index (κ2) is 35.6. The third-order valence-corrected chi connectivity index (χ3v) is 11.6. The van der Waals surface area contributed by atoms with E-state index < -0.39 is 75.7 Å². The van der Waals surface area contributed by atoms with Crippen molar-refractivity contribution >= 4 is 19.8 Å². The molecule has 1 aliphatic carbocycles. The van der Waals surface area contributed by atoms with E-state index in [2.05, 4.69) is 19.9 Å². The van der Waals surface area contributed by atoms with Gasteiger partial charge in [-0.2, -0.15) is 0 Å². The van der Waals surface area contributed by atoms with Crippen LogP contribution < -0.4 is 0 Å². The topological polar surface area (TPSA) is 210 Å². The summed E-state index contributed by atoms with van der Waals surface area (Å²) in [6.07, 6.45) is 27.1. The second-order valence-corrected chi connectivity index (χ2v) is 17.4. The highest BCUT2D eigenvalue weighted by atomic mass is 31.2. The van der Waals surface area contributed by atoms with Crippen molar-refractivity contribution in [3.63, 3.8) is 0 Å². The number of phosphoric ester groups is 1. The summed E-state index contributed by atoms with van der Waals surface area (Å²) in [6, 6.07) is 0. The summed E-state index contributed by atoms with van der Waals surface area (Å²) in [7, 11) is -5.15. The maximum atomic E-state index is 12.8. The molecule has 0 aromatic carbocycles. The number of hydrogen-bond acceptors (Lipinski definition) is 12. The summed E-state index contributed by atoms with van der Waals surface area (Å²) in [4.78, 5) is 35.5. The van der Waals surface area contributed by atoms with Crippen LogP contribution in [0.2, 0.25) is 0 Å². The Hall–Kier alpha value is -1.93. The summed E-state index contributed by atoms with van der Waals surface area (Å²) in [5.41, 5.74) is 0. The average molecular weight is 861 g/mol. The molecular formula is C45H81O13P. The van der Waals surface area contributed by atoms with E-state index in [4.69, 9.17) is 18.5 Å². The minimum absolute atomic E-state index is 0.0651.